The number of nitrogens with zero attached hydrogens (tertiary/aromatic N) is 4. The van der Waals surface area contributed by atoms with Crippen LogP contribution in [0.1, 0.15) is 54.2 Å². The van der Waals surface area contributed by atoms with Gasteiger partial charge < -0.3 is 13.6 Å². The fraction of sp³-hybridized carbons (Fsp3) is 0.586. The van der Waals surface area contributed by atoms with Crippen LogP contribution in [0.4, 0.5) is 10.6 Å². The van der Waals surface area contributed by atoms with Gasteiger partial charge in [0, 0.05) is 6.42 Å². The molecule has 3 atom stereocenters. The number of aromatic nitrogens is 4. The molecule has 1 aliphatic rings. The van der Waals surface area contributed by atoms with Crippen LogP contribution in [-0.4, -0.2) is 69.4 Å². The van der Waals surface area contributed by atoms with E-state index in [0.717, 1.165) is 0 Å². The Bertz CT molecular complexity index is 1590. The van der Waals surface area contributed by atoms with Crippen molar-refractivity contribution in [2.45, 2.75) is 108 Å². The monoisotopic (exact) mass is 662 g/mol. The number of fused-ring (bicyclic) bond motifs is 1. The van der Waals surface area contributed by atoms with Crippen LogP contribution >= 0.6 is 0 Å². The number of carbonyl (C=O) groups excluding carboxylic acids is 1. The number of benzene rings is 1. The summed E-state index contributed by atoms with van der Waals surface area (Å²) in [6, 6.07) is 6.66. The van der Waals surface area contributed by atoms with Crippen molar-refractivity contribution in [1.29, 1.82) is 0 Å². The lowest BCUT2D eigenvalue weighted by molar-refractivity contribution is -0.0383. The zero-order chi connectivity index (χ0) is 32.7. The maximum atomic E-state index is 12.7. The van der Waals surface area contributed by atoms with Crippen molar-refractivity contribution < 1.29 is 26.8 Å². The Morgan fingerprint density at radius 3 is 2.25 bits per heavy atom. The Kier molecular flexibility index (Phi) is 9.51. The first-order valence-corrected chi connectivity index (χ1v) is 22.1. The summed E-state index contributed by atoms with van der Waals surface area (Å²) in [6.45, 7) is 22.6. The van der Waals surface area contributed by atoms with E-state index >= 15 is 0 Å². The van der Waals surface area contributed by atoms with Gasteiger partial charge in [-0.05, 0) is 48.4 Å². The molecule has 0 radical (unpaired) electrons. The molecule has 0 saturated carbocycles. The highest BCUT2D eigenvalue weighted by Crippen LogP contribution is 2.43. The zero-order valence-corrected chi connectivity index (χ0v) is 30.2. The van der Waals surface area contributed by atoms with Crippen LogP contribution in [0, 0.1) is 0 Å². The summed E-state index contributed by atoms with van der Waals surface area (Å²) in [5.41, 5.74) is 0.731. The summed E-state index contributed by atoms with van der Waals surface area (Å²) >= 11 is 0. The van der Waals surface area contributed by atoms with E-state index in [0.29, 0.717) is 24.2 Å². The Hall–Kier alpha value is -2.70. The van der Waals surface area contributed by atoms with E-state index in [1.807, 2.05) is 4.72 Å². The van der Waals surface area contributed by atoms with Crippen LogP contribution < -0.4 is 10.0 Å². The lowest BCUT2D eigenvalue weighted by atomic mass is 10.2. The highest BCUT2D eigenvalue weighted by atomic mass is 32.2. The standard InChI is InChI=1S/C29H46N6O6SSi2/c1-28(2,3)43(7,8)39-17-22-21(41-44(9,10)29(4,5)6)16-23(40-22)35-19-32-24-25(30-18-31-26(24)35)33-27(36)34-42(37,38)20-14-12-11-13-15-20/h11-15,18-19,21-23H,16-17H2,1-10H3,(H2,30,31,33,34,36)/t21-,22+,23+/m0/s1. The predicted molar refractivity (Wildman–Crippen MR) is 175 cm³/mol. The van der Waals surface area contributed by atoms with E-state index in [1.54, 1.807) is 29.1 Å². The molecule has 2 amide bonds. The molecule has 2 N–H and O–H groups in total. The molecule has 3 heterocycles. The van der Waals surface area contributed by atoms with E-state index in [-0.39, 0.29) is 33.0 Å². The van der Waals surface area contributed by atoms with Gasteiger partial charge in [0.15, 0.2) is 33.6 Å². The van der Waals surface area contributed by atoms with Crippen LogP contribution in [0.15, 0.2) is 47.9 Å². The van der Waals surface area contributed by atoms with E-state index in [1.165, 1.54) is 18.5 Å². The zero-order valence-electron chi connectivity index (χ0n) is 27.3. The topological polar surface area (TPSA) is 147 Å². The summed E-state index contributed by atoms with van der Waals surface area (Å²) < 4.78 is 49.1. The van der Waals surface area contributed by atoms with Crippen LogP contribution in [-0.2, 0) is 23.6 Å². The van der Waals surface area contributed by atoms with Gasteiger partial charge in [0.1, 0.15) is 18.7 Å². The number of rotatable bonds is 9. The third-order valence-electron chi connectivity index (χ3n) is 9.03. The van der Waals surface area contributed by atoms with Gasteiger partial charge in [-0.3, -0.25) is 9.88 Å². The molecule has 0 bridgehead atoms. The number of amides is 2. The van der Waals surface area contributed by atoms with Crippen molar-refractivity contribution >= 4 is 49.7 Å². The number of hydrogen-bond donors (Lipinski definition) is 2. The number of carbonyl (C=O) groups is 1. The maximum absolute atomic E-state index is 12.7. The Balaban J connectivity index is 1.57. The minimum atomic E-state index is -4.07. The normalized spacial score (nSPS) is 20.2. The van der Waals surface area contributed by atoms with Gasteiger partial charge in [-0.1, -0.05) is 59.7 Å². The smallest absolute Gasteiger partial charge is 0.334 e. The number of nitrogens with one attached hydrogen (secondary N) is 2. The van der Waals surface area contributed by atoms with Crippen LogP contribution in [0.25, 0.3) is 11.2 Å². The summed E-state index contributed by atoms with van der Waals surface area (Å²) in [4.78, 5) is 25.7. The van der Waals surface area contributed by atoms with Gasteiger partial charge in [0.25, 0.3) is 10.0 Å². The number of imidazole rings is 1. The van der Waals surface area contributed by atoms with E-state index in [4.69, 9.17) is 13.6 Å². The average Bonchev–Trinajstić information content (AvgIpc) is 3.50. The third-order valence-corrected chi connectivity index (χ3v) is 19.4. The van der Waals surface area contributed by atoms with Crippen molar-refractivity contribution in [2.75, 3.05) is 11.9 Å². The molecule has 0 unspecified atom stereocenters. The third kappa shape index (κ3) is 7.40. The first kappa shape index (κ1) is 34.2. The molecule has 242 valence electrons. The van der Waals surface area contributed by atoms with E-state index < -0.39 is 38.9 Å². The summed E-state index contributed by atoms with van der Waals surface area (Å²) in [5, 5.41) is 2.56. The average molecular weight is 663 g/mol. The fourth-order valence-corrected chi connectivity index (χ4v) is 7.58. The largest absolute Gasteiger partial charge is 0.414 e. The lowest BCUT2D eigenvalue weighted by Gasteiger charge is -2.40. The molecule has 2 aromatic heterocycles. The van der Waals surface area contributed by atoms with Gasteiger partial charge in [-0.2, -0.15) is 0 Å². The molecule has 12 nitrogen and oxygen atoms in total. The van der Waals surface area contributed by atoms with Gasteiger partial charge in [0.2, 0.25) is 0 Å². The van der Waals surface area contributed by atoms with E-state index in [9.17, 15) is 13.2 Å². The molecular weight excluding hydrogens is 617 g/mol. The van der Waals surface area contributed by atoms with Crippen LogP contribution in [0.3, 0.4) is 0 Å². The van der Waals surface area contributed by atoms with Crippen molar-refractivity contribution in [2.24, 2.45) is 0 Å². The minimum Gasteiger partial charge on any atom is -0.414 e. The number of sulfonamides is 1. The Morgan fingerprint density at radius 2 is 1.64 bits per heavy atom. The van der Waals surface area contributed by atoms with Crippen molar-refractivity contribution in [3.8, 4) is 0 Å². The van der Waals surface area contributed by atoms with Crippen molar-refractivity contribution in [3.63, 3.8) is 0 Å². The van der Waals surface area contributed by atoms with Gasteiger partial charge >= 0.3 is 6.03 Å². The predicted octanol–water partition coefficient (Wildman–Crippen LogP) is 6.04. The van der Waals surface area contributed by atoms with Gasteiger partial charge in [-0.25, -0.2) is 32.9 Å². The highest BCUT2D eigenvalue weighted by molar-refractivity contribution is 7.90. The molecule has 0 spiro atoms. The first-order chi connectivity index (χ1) is 20.2. The van der Waals surface area contributed by atoms with Gasteiger partial charge in [0.05, 0.1) is 23.9 Å². The number of ether oxygens (including phenoxy) is 1. The fourth-order valence-electron chi connectivity index (χ4n) is 4.28. The quantitative estimate of drug-likeness (QED) is 0.262. The Morgan fingerprint density at radius 1 is 1.00 bits per heavy atom. The molecule has 1 aromatic carbocycles. The Labute approximate surface area is 262 Å². The molecular formula is C29H46N6O6SSi2. The molecule has 0 aliphatic carbocycles. The molecule has 1 aliphatic heterocycles. The number of urea groups is 1. The lowest BCUT2D eigenvalue weighted by Crippen LogP contribution is -2.48. The number of anilines is 1. The maximum Gasteiger partial charge on any atom is 0.334 e. The molecule has 3 aromatic rings. The second-order valence-electron chi connectivity index (χ2n) is 14.3. The number of hydrogen-bond acceptors (Lipinski definition) is 9. The molecule has 44 heavy (non-hydrogen) atoms. The first-order valence-electron chi connectivity index (χ1n) is 14.8. The summed E-state index contributed by atoms with van der Waals surface area (Å²) in [7, 11) is -8.26. The molecule has 4 rings (SSSR count). The van der Waals surface area contributed by atoms with E-state index in [2.05, 4.69) is 88.0 Å². The van der Waals surface area contributed by atoms with Crippen LogP contribution in [0.2, 0.25) is 36.3 Å². The van der Waals surface area contributed by atoms with Crippen molar-refractivity contribution in [3.05, 3.63) is 43.0 Å². The second kappa shape index (κ2) is 12.2. The molecule has 1 saturated heterocycles. The second-order valence-corrected chi connectivity index (χ2v) is 25.5. The SMILES string of the molecule is CC(C)(C)[Si](C)(C)OC[C@H]1O[C@@H](n2cnc3c(NC(=O)NS(=O)(=O)c4ccccc4)ncnc32)C[C@@H]1O[Si](C)(C)C(C)(C)C. The summed E-state index contributed by atoms with van der Waals surface area (Å²) in [5.74, 6) is 0.0689. The minimum absolute atomic E-state index is 0.0139. The molecule has 1 fully saturated rings. The highest BCUT2D eigenvalue weighted by Gasteiger charge is 2.47. The summed E-state index contributed by atoms with van der Waals surface area (Å²) in [6.07, 6.45) is 2.50. The molecule has 15 heteroatoms. The van der Waals surface area contributed by atoms with Crippen molar-refractivity contribution in [1.82, 2.24) is 24.2 Å². The van der Waals surface area contributed by atoms with Gasteiger partial charge in [-0.15, -0.1) is 0 Å². The van der Waals surface area contributed by atoms with Crippen LogP contribution in [0.5, 0.6) is 0 Å².